The maximum Gasteiger partial charge on any atom is 0.261 e. The average molecular weight is 413 g/mol. The highest BCUT2D eigenvalue weighted by atomic mass is 32.2. The van der Waals surface area contributed by atoms with E-state index in [4.69, 9.17) is 4.74 Å². The molecule has 0 spiro atoms. The van der Waals surface area contributed by atoms with Gasteiger partial charge in [0.1, 0.15) is 5.75 Å². The van der Waals surface area contributed by atoms with Gasteiger partial charge in [0, 0.05) is 5.54 Å². The van der Waals surface area contributed by atoms with Gasteiger partial charge in [0.25, 0.3) is 15.9 Å². The Morgan fingerprint density at radius 3 is 2.28 bits per heavy atom. The van der Waals surface area contributed by atoms with Gasteiger partial charge in [-0.25, -0.2) is 8.42 Å². The number of hydrogen-bond donors (Lipinski definition) is 2. The zero-order chi connectivity index (χ0) is 21.2. The molecule has 7 heteroatoms. The Labute approximate surface area is 170 Å². The highest BCUT2D eigenvalue weighted by molar-refractivity contribution is 7.92. The maximum atomic E-state index is 13.0. The quantitative estimate of drug-likeness (QED) is 0.658. The Morgan fingerprint density at radius 2 is 1.59 bits per heavy atom. The molecule has 0 aromatic heterocycles. The standard InChI is InChI=1S/C22H24N2O4S/c1-22(2,3)23-21(25)19-7-5-6-8-20(19)24-29(26,27)18-12-10-15-13-17(28-4)11-9-16(15)14-18/h5-14,24H,1-4H3,(H,23,25). The molecule has 0 radical (unpaired) electrons. The van der Waals surface area contributed by atoms with Gasteiger partial charge in [-0.1, -0.05) is 24.3 Å². The molecule has 3 aromatic rings. The molecule has 0 fully saturated rings. The smallest absolute Gasteiger partial charge is 0.261 e. The summed E-state index contributed by atoms with van der Waals surface area (Å²) in [4.78, 5) is 12.7. The normalized spacial score (nSPS) is 11.9. The number of carbonyl (C=O) groups is 1. The van der Waals surface area contributed by atoms with Crippen molar-refractivity contribution in [1.82, 2.24) is 5.32 Å². The molecule has 3 rings (SSSR count). The molecule has 0 atom stereocenters. The fourth-order valence-electron chi connectivity index (χ4n) is 2.88. The number of anilines is 1. The Balaban J connectivity index is 1.94. The van der Waals surface area contributed by atoms with Crippen LogP contribution in [0.2, 0.25) is 0 Å². The van der Waals surface area contributed by atoms with Gasteiger partial charge in [-0.15, -0.1) is 0 Å². The SMILES string of the molecule is COc1ccc2cc(S(=O)(=O)Nc3ccccc3C(=O)NC(C)(C)C)ccc2c1. The van der Waals surface area contributed by atoms with Crippen molar-refractivity contribution in [3.63, 3.8) is 0 Å². The van der Waals surface area contributed by atoms with Crippen molar-refractivity contribution in [2.45, 2.75) is 31.2 Å². The minimum Gasteiger partial charge on any atom is -0.497 e. The number of sulfonamides is 1. The van der Waals surface area contributed by atoms with E-state index < -0.39 is 15.6 Å². The molecule has 0 aliphatic carbocycles. The Kier molecular flexibility index (Phi) is 5.53. The molecule has 29 heavy (non-hydrogen) atoms. The van der Waals surface area contributed by atoms with E-state index in [0.717, 1.165) is 10.8 Å². The number of rotatable bonds is 5. The summed E-state index contributed by atoms with van der Waals surface area (Å²) in [7, 11) is -2.30. The third-order valence-electron chi connectivity index (χ3n) is 4.23. The summed E-state index contributed by atoms with van der Waals surface area (Å²) >= 11 is 0. The van der Waals surface area contributed by atoms with Gasteiger partial charge >= 0.3 is 0 Å². The first kappa shape index (κ1) is 20.7. The summed E-state index contributed by atoms with van der Waals surface area (Å²) < 4.78 is 33.7. The molecule has 0 saturated carbocycles. The number of nitrogens with one attached hydrogen (secondary N) is 2. The van der Waals surface area contributed by atoms with Crippen LogP contribution < -0.4 is 14.8 Å². The van der Waals surface area contributed by atoms with Gasteiger partial charge in [-0.05, 0) is 67.9 Å². The summed E-state index contributed by atoms with van der Waals surface area (Å²) in [5, 5.41) is 4.49. The number of ether oxygens (including phenoxy) is 1. The Hall–Kier alpha value is -3.06. The first-order valence-electron chi connectivity index (χ1n) is 9.11. The first-order chi connectivity index (χ1) is 13.6. The largest absolute Gasteiger partial charge is 0.497 e. The van der Waals surface area contributed by atoms with Crippen LogP contribution in [0.3, 0.4) is 0 Å². The van der Waals surface area contributed by atoms with Crippen molar-refractivity contribution >= 4 is 32.4 Å². The summed E-state index contributed by atoms with van der Waals surface area (Å²) in [6, 6.07) is 16.8. The molecule has 0 aliphatic rings. The highest BCUT2D eigenvalue weighted by Gasteiger charge is 2.21. The molecule has 0 bridgehead atoms. The van der Waals surface area contributed by atoms with Crippen molar-refractivity contribution < 1.29 is 17.9 Å². The van der Waals surface area contributed by atoms with Crippen molar-refractivity contribution in [1.29, 1.82) is 0 Å². The third-order valence-corrected chi connectivity index (χ3v) is 5.60. The molecule has 1 amide bonds. The Morgan fingerprint density at radius 1 is 0.931 bits per heavy atom. The minimum absolute atomic E-state index is 0.112. The predicted molar refractivity (Wildman–Crippen MR) is 115 cm³/mol. The van der Waals surface area contributed by atoms with Crippen LogP contribution in [0.5, 0.6) is 5.75 Å². The van der Waals surface area contributed by atoms with E-state index in [1.807, 2.05) is 26.8 Å². The van der Waals surface area contributed by atoms with Crippen molar-refractivity contribution in [3.8, 4) is 5.75 Å². The molecule has 152 valence electrons. The van der Waals surface area contributed by atoms with E-state index >= 15 is 0 Å². The lowest BCUT2D eigenvalue weighted by molar-refractivity contribution is 0.0920. The van der Waals surface area contributed by atoms with E-state index in [1.165, 1.54) is 6.07 Å². The lowest BCUT2D eigenvalue weighted by atomic mass is 10.1. The molecule has 0 aliphatic heterocycles. The lowest BCUT2D eigenvalue weighted by Crippen LogP contribution is -2.40. The van der Waals surface area contributed by atoms with E-state index in [0.29, 0.717) is 5.75 Å². The molecule has 0 saturated heterocycles. The lowest BCUT2D eigenvalue weighted by Gasteiger charge is -2.21. The van der Waals surface area contributed by atoms with E-state index in [-0.39, 0.29) is 22.1 Å². The maximum absolute atomic E-state index is 13.0. The van der Waals surface area contributed by atoms with Gasteiger partial charge < -0.3 is 10.1 Å². The average Bonchev–Trinajstić information content (AvgIpc) is 2.65. The van der Waals surface area contributed by atoms with Crippen molar-refractivity contribution in [2.75, 3.05) is 11.8 Å². The highest BCUT2D eigenvalue weighted by Crippen LogP contribution is 2.26. The van der Waals surface area contributed by atoms with E-state index in [9.17, 15) is 13.2 Å². The summed E-state index contributed by atoms with van der Waals surface area (Å²) in [5.41, 5.74) is 0.0447. The van der Waals surface area contributed by atoms with Crippen molar-refractivity contribution in [3.05, 3.63) is 66.2 Å². The monoisotopic (exact) mass is 412 g/mol. The fourth-order valence-corrected chi connectivity index (χ4v) is 3.99. The van der Waals surface area contributed by atoms with Gasteiger partial charge in [-0.3, -0.25) is 9.52 Å². The van der Waals surface area contributed by atoms with Crippen LogP contribution in [0, 0.1) is 0 Å². The second-order valence-electron chi connectivity index (χ2n) is 7.73. The Bertz CT molecular complexity index is 1160. The third kappa shape index (κ3) is 4.86. The van der Waals surface area contributed by atoms with Crippen molar-refractivity contribution in [2.24, 2.45) is 0 Å². The second kappa shape index (κ2) is 7.75. The first-order valence-corrected chi connectivity index (χ1v) is 10.6. The molecular formula is C22H24N2O4S. The minimum atomic E-state index is -3.88. The van der Waals surface area contributed by atoms with Gasteiger partial charge in [0.05, 0.1) is 23.3 Å². The van der Waals surface area contributed by atoms with Gasteiger partial charge in [-0.2, -0.15) is 0 Å². The van der Waals surface area contributed by atoms with Crippen LogP contribution in [0.15, 0.2) is 65.6 Å². The number of benzene rings is 3. The fraction of sp³-hybridized carbons (Fsp3) is 0.227. The van der Waals surface area contributed by atoms with Crippen LogP contribution in [0.25, 0.3) is 10.8 Å². The van der Waals surface area contributed by atoms with Gasteiger partial charge in [0.2, 0.25) is 0 Å². The molecule has 0 unspecified atom stereocenters. The van der Waals surface area contributed by atoms with Crippen LogP contribution in [-0.2, 0) is 10.0 Å². The molecule has 6 nitrogen and oxygen atoms in total. The van der Waals surface area contributed by atoms with Crippen LogP contribution in [0.4, 0.5) is 5.69 Å². The zero-order valence-corrected chi connectivity index (χ0v) is 17.6. The second-order valence-corrected chi connectivity index (χ2v) is 9.41. The van der Waals surface area contributed by atoms with Crippen LogP contribution >= 0.6 is 0 Å². The number of hydrogen-bond acceptors (Lipinski definition) is 4. The zero-order valence-electron chi connectivity index (χ0n) is 16.8. The number of methoxy groups -OCH3 is 1. The number of carbonyl (C=O) groups excluding carboxylic acids is 1. The summed E-state index contributed by atoms with van der Waals surface area (Å²) in [6.07, 6.45) is 0. The van der Waals surface area contributed by atoms with E-state index in [2.05, 4.69) is 10.0 Å². The van der Waals surface area contributed by atoms with Crippen LogP contribution in [-0.4, -0.2) is 27.0 Å². The number of amides is 1. The topological polar surface area (TPSA) is 84.5 Å². The summed E-state index contributed by atoms with van der Waals surface area (Å²) in [5.74, 6) is 0.353. The molecule has 2 N–H and O–H groups in total. The summed E-state index contributed by atoms with van der Waals surface area (Å²) in [6.45, 7) is 5.59. The molecular weight excluding hydrogens is 388 g/mol. The van der Waals surface area contributed by atoms with Gasteiger partial charge in [0.15, 0.2) is 0 Å². The predicted octanol–water partition coefficient (Wildman–Crippen LogP) is 4.18. The van der Waals surface area contributed by atoms with Crippen LogP contribution in [0.1, 0.15) is 31.1 Å². The molecule has 3 aromatic carbocycles. The molecule has 0 heterocycles. The number of fused-ring (bicyclic) bond motifs is 1. The van der Waals surface area contributed by atoms with E-state index in [1.54, 1.807) is 55.6 Å². The number of para-hydroxylation sites is 1.